The molecule has 0 aliphatic rings. The quantitative estimate of drug-likeness (QED) is 0.0244. The predicted octanol–water partition coefficient (Wildman–Crippen LogP) is 23.7. The summed E-state index contributed by atoms with van der Waals surface area (Å²) in [5, 5.41) is 0. The van der Waals surface area contributed by atoms with Crippen LogP contribution in [0.25, 0.3) is 0 Å². The van der Waals surface area contributed by atoms with E-state index >= 15 is 0 Å². The Morgan fingerprint density at radius 1 is 0.253 bits per heavy atom. The lowest BCUT2D eigenvalue weighted by molar-refractivity contribution is 0.304. The smallest absolute Gasteiger partial charge is 0.494 e. The minimum Gasteiger partial charge on any atom is -0.494 e. The lowest BCUT2D eigenvalue weighted by Crippen LogP contribution is -2.06. The number of benzene rings is 3. The summed E-state index contributed by atoms with van der Waals surface area (Å²) in [6.45, 7) is 9.29. The molecular formula is C66H111BF4O3S. The third-order valence-electron chi connectivity index (χ3n) is 14.5. The van der Waals surface area contributed by atoms with Gasteiger partial charge in [0.1, 0.15) is 17.2 Å². The highest BCUT2D eigenvalue weighted by atomic mass is 32.2. The van der Waals surface area contributed by atoms with Gasteiger partial charge in [0, 0.05) is 0 Å². The second kappa shape index (κ2) is 49.5. The van der Waals surface area contributed by atoms with E-state index in [-0.39, 0.29) is 10.9 Å². The van der Waals surface area contributed by atoms with Crippen molar-refractivity contribution in [2.75, 3.05) is 19.8 Å². The predicted molar refractivity (Wildman–Crippen MR) is 319 cm³/mol. The third kappa shape index (κ3) is 41.9. The van der Waals surface area contributed by atoms with E-state index in [2.05, 4.69) is 93.6 Å². The first kappa shape index (κ1) is 68.3. The van der Waals surface area contributed by atoms with E-state index < -0.39 is 7.25 Å². The van der Waals surface area contributed by atoms with E-state index in [0.29, 0.717) is 0 Å². The zero-order valence-corrected chi connectivity index (χ0v) is 49.3. The molecule has 75 heavy (non-hydrogen) atoms. The van der Waals surface area contributed by atoms with Crippen LogP contribution in [0.1, 0.15) is 290 Å². The van der Waals surface area contributed by atoms with Crippen molar-refractivity contribution in [2.45, 2.75) is 305 Å². The Bertz CT molecular complexity index is 1450. The summed E-state index contributed by atoms with van der Waals surface area (Å²) in [5.41, 5.74) is 0. The van der Waals surface area contributed by atoms with Crippen LogP contribution in [0.15, 0.2) is 87.5 Å². The van der Waals surface area contributed by atoms with Crippen LogP contribution >= 0.6 is 0 Å². The lowest BCUT2D eigenvalue weighted by atomic mass is 10.0. The zero-order chi connectivity index (χ0) is 54.0. The van der Waals surface area contributed by atoms with Crippen LogP contribution in [-0.2, 0) is 10.9 Å². The number of hydrogen-bond donors (Lipinski definition) is 0. The second-order valence-corrected chi connectivity index (χ2v) is 23.6. The van der Waals surface area contributed by atoms with Crippen molar-refractivity contribution in [3.05, 3.63) is 72.8 Å². The van der Waals surface area contributed by atoms with Gasteiger partial charge in [-0.2, -0.15) is 0 Å². The molecule has 9 heteroatoms. The second-order valence-electron chi connectivity index (χ2n) is 21.5. The Morgan fingerprint density at radius 2 is 0.400 bits per heavy atom. The van der Waals surface area contributed by atoms with Gasteiger partial charge in [-0.1, -0.05) is 271 Å². The highest BCUT2D eigenvalue weighted by Crippen LogP contribution is 2.34. The molecular weight excluding hydrogens is 960 g/mol. The van der Waals surface area contributed by atoms with Gasteiger partial charge in [-0.3, -0.25) is 0 Å². The first-order valence-electron chi connectivity index (χ1n) is 31.5. The Hall–Kier alpha value is -2.81. The first-order valence-corrected chi connectivity index (χ1v) is 32.8. The highest BCUT2D eigenvalue weighted by Gasteiger charge is 2.29. The van der Waals surface area contributed by atoms with Gasteiger partial charge in [-0.15, -0.1) is 0 Å². The molecule has 3 nitrogen and oxygen atoms in total. The van der Waals surface area contributed by atoms with Gasteiger partial charge in [0.15, 0.2) is 14.7 Å². The molecule has 0 aliphatic heterocycles. The van der Waals surface area contributed by atoms with Gasteiger partial charge >= 0.3 is 7.25 Å². The molecule has 430 valence electrons. The topological polar surface area (TPSA) is 27.7 Å². The Labute approximate surface area is 462 Å². The fourth-order valence-electron chi connectivity index (χ4n) is 9.88. The molecule has 0 amide bonds. The molecule has 0 saturated heterocycles. The molecule has 3 rings (SSSR count). The van der Waals surface area contributed by atoms with E-state index in [1.54, 1.807) is 0 Å². The summed E-state index contributed by atoms with van der Waals surface area (Å²) in [6.07, 6.45) is 57.8. The molecule has 0 atom stereocenters. The molecule has 0 unspecified atom stereocenters. The van der Waals surface area contributed by atoms with Crippen molar-refractivity contribution in [1.82, 2.24) is 0 Å². The third-order valence-corrected chi connectivity index (χ3v) is 16.7. The maximum absolute atomic E-state index is 9.75. The molecule has 3 aromatic carbocycles. The standard InChI is InChI=1S/C66H111O3S.BF4/c1-4-7-10-13-16-19-22-25-28-31-34-37-40-43-58-67-61-46-52-64(53-47-61)70(65-54-48-62(49-55-65)68-59-44-41-38-35-32-29-26-23-20-17-14-11-8-5-2)66-56-50-63(51-57-66)69-60-45-42-39-36-33-30-27-24-21-18-15-12-9-6-3;2-1(3,4)5/h46-57H,4-45,58-60H2,1-3H3;/q+1;-1. The van der Waals surface area contributed by atoms with Crippen molar-refractivity contribution in [3.8, 4) is 17.2 Å². The van der Waals surface area contributed by atoms with Crippen LogP contribution in [-0.4, -0.2) is 27.1 Å². The zero-order valence-electron chi connectivity index (χ0n) is 48.5. The average Bonchev–Trinajstić information content (AvgIpc) is 3.40. The lowest BCUT2D eigenvalue weighted by Gasteiger charge is -2.12. The van der Waals surface area contributed by atoms with Gasteiger partial charge in [-0.05, 0) is 92.1 Å². The van der Waals surface area contributed by atoms with Crippen LogP contribution in [0.5, 0.6) is 17.2 Å². The van der Waals surface area contributed by atoms with Gasteiger partial charge in [-0.25, -0.2) is 0 Å². The Balaban J connectivity index is 0.00000366. The van der Waals surface area contributed by atoms with E-state index in [0.717, 1.165) is 56.3 Å². The van der Waals surface area contributed by atoms with Crippen LogP contribution < -0.4 is 14.2 Å². The fraction of sp³-hybridized carbons (Fsp3) is 0.727. The van der Waals surface area contributed by atoms with Crippen molar-refractivity contribution >= 4 is 18.1 Å². The van der Waals surface area contributed by atoms with Gasteiger partial charge in [0.05, 0.1) is 30.7 Å². The fourth-order valence-corrected chi connectivity index (χ4v) is 11.9. The average molecular weight is 1070 g/mol. The van der Waals surface area contributed by atoms with Crippen LogP contribution in [0, 0.1) is 0 Å². The van der Waals surface area contributed by atoms with E-state index in [4.69, 9.17) is 14.2 Å². The van der Waals surface area contributed by atoms with Crippen LogP contribution in [0.2, 0.25) is 0 Å². The molecule has 0 radical (unpaired) electrons. The molecule has 0 N–H and O–H groups in total. The Kier molecular flexibility index (Phi) is 45.1. The van der Waals surface area contributed by atoms with Crippen molar-refractivity contribution in [2.24, 2.45) is 0 Å². The number of unbranched alkanes of at least 4 members (excludes halogenated alkanes) is 39. The SMILES string of the molecule is CCCCCCCCCCCCCCCCOc1ccc([S+](c2ccc(OCCCCCCCCCCCCCCCC)cc2)c2ccc(OCCCCCCCCCCCCCCCC)cc2)cc1.F[B-](F)(F)F. The summed E-state index contributed by atoms with van der Waals surface area (Å²) in [6, 6.07) is 26.8. The molecule has 0 aliphatic carbocycles. The van der Waals surface area contributed by atoms with Gasteiger partial charge in [0.25, 0.3) is 0 Å². The minimum absolute atomic E-state index is 0.258. The largest absolute Gasteiger partial charge is 0.673 e. The van der Waals surface area contributed by atoms with E-state index in [1.165, 1.54) is 265 Å². The monoisotopic (exact) mass is 1070 g/mol. The summed E-state index contributed by atoms with van der Waals surface area (Å²) in [7, 11) is -6.26. The number of rotatable bonds is 51. The number of ether oxygens (including phenoxy) is 3. The van der Waals surface area contributed by atoms with Gasteiger partial charge < -0.3 is 31.5 Å². The minimum atomic E-state index is -6.00. The molecule has 0 saturated carbocycles. The van der Waals surface area contributed by atoms with Crippen molar-refractivity contribution in [1.29, 1.82) is 0 Å². The summed E-state index contributed by atoms with van der Waals surface area (Å²) < 4.78 is 57.8. The van der Waals surface area contributed by atoms with Crippen molar-refractivity contribution in [3.63, 3.8) is 0 Å². The summed E-state index contributed by atoms with van der Waals surface area (Å²) >= 11 is 0. The molecule has 0 fully saturated rings. The van der Waals surface area contributed by atoms with Crippen LogP contribution in [0.3, 0.4) is 0 Å². The number of hydrogen-bond acceptors (Lipinski definition) is 3. The molecule has 3 aromatic rings. The summed E-state index contributed by atoms with van der Waals surface area (Å²) in [5.74, 6) is 2.92. The van der Waals surface area contributed by atoms with Crippen LogP contribution in [0.4, 0.5) is 17.3 Å². The first-order chi connectivity index (χ1) is 36.7. The van der Waals surface area contributed by atoms with Crippen molar-refractivity contribution < 1.29 is 31.5 Å². The maximum atomic E-state index is 9.75. The Morgan fingerprint density at radius 3 is 0.560 bits per heavy atom. The maximum Gasteiger partial charge on any atom is 0.673 e. The molecule has 0 heterocycles. The molecule has 0 aromatic heterocycles. The molecule has 0 bridgehead atoms. The van der Waals surface area contributed by atoms with E-state index in [9.17, 15) is 17.3 Å². The molecule has 0 spiro atoms. The summed E-state index contributed by atoms with van der Waals surface area (Å²) in [4.78, 5) is 3.91. The highest BCUT2D eigenvalue weighted by molar-refractivity contribution is 7.97. The normalized spacial score (nSPS) is 11.5. The number of halogens is 4. The van der Waals surface area contributed by atoms with E-state index in [1.807, 2.05) is 0 Å². The van der Waals surface area contributed by atoms with Gasteiger partial charge in [0.2, 0.25) is 0 Å².